The van der Waals surface area contributed by atoms with E-state index in [1.54, 1.807) is 6.92 Å². The molecule has 0 spiro atoms. The normalized spacial score (nSPS) is 12.0. The number of nitrogens with one attached hydrogen (secondary N) is 1. The zero-order valence-corrected chi connectivity index (χ0v) is 15.6. The van der Waals surface area contributed by atoms with Gasteiger partial charge in [-0.15, -0.1) is 0 Å². The van der Waals surface area contributed by atoms with Crippen LogP contribution in [0.3, 0.4) is 0 Å². The second-order valence-electron chi connectivity index (χ2n) is 6.52. The fraction of sp³-hybridized carbons (Fsp3) is 0.286. The number of carbonyl (C=O) groups excluding carboxylic acids is 2. The van der Waals surface area contributed by atoms with Crippen molar-refractivity contribution in [2.45, 2.75) is 39.7 Å². The van der Waals surface area contributed by atoms with Crippen LogP contribution in [0.4, 0.5) is 5.69 Å². The lowest BCUT2D eigenvalue weighted by atomic mass is 10.1. The van der Waals surface area contributed by atoms with E-state index in [-0.39, 0.29) is 12.3 Å². The van der Waals surface area contributed by atoms with Gasteiger partial charge >= 0.3 is 5.97 Å². The third-order valence-electron chi connectivity index (χ3n) is 4.20. The summed E-state index contributed by atoms with van der Waals surface area (Å²) < 4.78 is 10.8. The van der Waals surface area contributed by atoms with Crippen LogP contribution in [-0.2, 0) is 20.7 Å². The van der Waals surface area contributed by atoms with Crippen molar-refractivity contribution in [2.24, 2.45) is 0 Å². The van der Waals surface area contributed by atoms with Gasteiger partial charge < -0.3 is 14.5 Å². The third kappa shape index (κ3) is 4.73. The quantitative estimate of drug-likeness (QED) is 0.668. The number of carbonyl (C=O) groups is 2. The van der Waals surface area contributed by atoms with E-state index in [9.17, 15) is 9.59 Å². The van der Waals surface area contributed by atoms with Gasteiger partial charge in [0.1, 0.15) is 5.52 Å². The van der Waals surface area contributed by atoms with E-state index in [1.807, 2.05) is 56.3 Å². The van der Waals surface area contributed by atoms with E-state index in [4.69, 9.17) is 9.15 Å². The maximum Gasteiger partial charge on any atom is 0.307 e. The van der Waals surface area contributed by atoms with Gasteiger partial charge in [0.25, 0.3) is 5.91 Å². The number of hydrogen-bond donors (Lipinski definition) is 1. The number of anilines is 1. The van der Waals surface area contributed by atoms with E-state index in [0.717, 1.165) is 16.6 Å². The Morgan fingerprint density at radius 3 is 2.70 bits per heavy atom. The highest BCUT2D eigenvalue weighted by Gasteiger charge is 2.19. The summed E-state index contributed by atoms with van der Waals surface area (Å²) in [6.45, 7) is 5.45. The van der Waals surface area contributed by atoms with Gasteiger partial charge in [-0.1, -0.05) is 29.8 Å². The molecule has 2 aromatic carbocycles. The van der Waals surface area contributed by atoms with Crippen LogP contribution in [0.25, 0.3) is 11.1 Å². The Kier molecular flexibility index (Phi) is 5.54. The molecule has 3 aromatic rings. The van der Waals surface area contributed by atoms with Crippen molar-refractivity contribution in [3.63, 3.8) is 0 Å². The van der Waals surface area contributed by atoms with Crippen LogP contribution < -0.4 is 5.32 Å². The van der Waals surface area contributed by atoms with Gasteiger partial charge in [0.15, 0.2) is 17.6 Å². The number of amides is 1. The molecule has 1 heterocycles. The summed E-state index contributed by atoms with van der Waals surface area (Å²) in [6, 6.07) is 13.1. The van der Waals surface area contributed by atoms with E-state index >= 15 is 0 Å². The predicted molar refractivity (Wildman–Crippen MR) is 102 cm³/mol. The average molecular weight is 366 g/mol. The summed E-state index contributed by atoms with van der Waals surface area (Å²) in [6.07, 6.45) is -0.478. The number of esters is 1. The molecule has 0 aliphatic heterocycles. The van der Waals surface area contributed by atoms with Crippen molar-refractivity contribution in [3.8, 4) is 0 Å². The van der Waals surface area contributed by atoms with E-state index < -0.39 is 12.1 Å². The molecule has 0 radical (unpaired) electrons. The molecule has 0 fully saturated rings. The van der Waals surface area contributed by atoms with Crippen LogP contribution in [0, 0.1) is 13.8 Å². The highest BCUT2D eigenvalue weighted by atomic mass is 16.5. The molecule has 0 saturated carbocycles. The zero-order valence-electron chi connectivity index (χ0n) is 15.6. The molecule has 140 valence electrons. The topological polar surface area (TPSA) is 81.4 Å². The first kappa shape index (κ1) is 18.6. The molecule has 1 atom stereocenters. The fourth-order valence-electron chi connectivity index (χ4n) is 2.73. The smallest absolute Gasteiger partial charge is 0.307 e. The van der Waals surface area contributed by atoms with Crippen LogP contribution in [0.1, 0.15) is 30.4 Å². The Morgan fingerprint density at radius 1 is 1.19 bits per heavy atom. The summed E-state index contributed by atoms with van der Waals surface area (Å²) in [5.74, 6) is -0.363. The molecule has 0 aliphatic carbocycles. The minimum Gasteiger partial charge on any atom is -0.453 e. The first-order valence-corrected chi connectivity index (χ1v) is 8.84. The number of aromatic nitrogens is 1. The van der Waals surface area contributed by atoms with Crippen LogP contribution in [0.5, 0.6) is 0 Å². The largest absolute Gasteiger partial charge is 0.453 e. The molecule has 1 aromatic heterocycles. The second kappa shape index (κ2) is 8.03. The molecule has 6 heteroatoms. The number of fused-ring (bicyclic) bond motifs is 1. The Bertz CT molecular complexity index is 944. The molecule has 0 bridgehead atoms. The van der Waals surface area contributed by atoms with E-state index in [1.165, 1.54) is 0 Å². The van der Waals surface area contributed by atoms with Crippen molar-refractivity contribution in [2.75, 3.05) is 5.32 Å². The third-order valence-corrected chi connectivity index (χ3v) is 4.20. The molecular weight excluding hydrogens is 344 g/mol. The highest BCUT2D eigenvalue weighted by molar-refractivity contribution is 5.95. The minimum absolute atomic E-state index is 0.0913. The summed E-state index contributed by atoms with van der Waals surface area (Å²) in [4.78, 5) is 28.6. The van der Waals surface area contributed by atoms with Crippen molar-refractivity contribution in [1.82, 2.24) is 4.98 Å². The monoisotopic (exact) mass is 366 g/mol. The molecule has 6 nitrogen and oxygen atoms in total. The van der Waals surface area contributed by atoms with Gasteiger partial charge in [-0.25, -0.2) is 4.98 Å². The summed E-state index contributed by atoms with van der Waals surface area (Å²) in [7, 11) is 0. The van der Waals surface area contributed by atoms with Crippen LogP contribution in [0.15, 0.2) is 46.9 Å². The van der Waals surface area contributed by atoms with E-state index in [2.05, 4.69) is 10.3 Å². The maximum absolute atomic E-state index is 12.3. The lowest BCUT2D eigenvalue weighted by Crippen LogP contribution is -2.30. The van der Waals surface area contributed by atoms with Gasteiger partial charge in [0, 0.05) is 12.1 Å². The summed E-state index contributed by atoms with van der Waals surface area (Å²) >= 11 is 0. The Hall–Kier alpha value is -3.15. The molecule has 0 aliphatic rings. The number of para-hydroxylation sites is 2. The van der Waals surface area contributed by atoms with Crippen LogP contribution in [0.2, 0.25) is 0 Å². The number of ether oxygens (including phenoxy) is 1. The minimum atomic E-state index is -0.887. The lowest BCUT2D eigenvalue weighted by molar-refractivity contribution is -0.153. The standard InChI is InChI=1S/C21H22N2O4/c1-13-8-9-16(14(2)12-13)23-21(25)15(3)26-20(24)11-10-19-22-17-6-4-5-7-18(17)27-19/h4-9,12,15H,10-11H2,1-3H3,(H,23,25)/t15-/m0/s1. The molecule has 0 unspecified atom stereocenters. The Labute approximate surface area is 157 Å². The number of aryl methyl sites for hydroxylation is 3. The van der Waals surface area contributed by atoms with Gasteiger partial charge in [0.05, 0.1) is 6.42 Å². The number of rotatable bonds is 6. The Balaban J connectivity index is 1.51. The number of oxazole rings is 1. The van der Waals surface area contributed by atoms with E-state index in [0.29, 0.717) is 23.6 Å². The van der Waals surface area contributed by atoms with Crippen molar-refractivity contribution in [3.05, 3.63) is 59.5 Å². The predicted octanol–water partition coefficient (Wildman–Crippen LogP) is 3.95. The lowest BCUT2D eigenvalue weighted by Gasteiger charge is -2.14. The van der Waals surface area contributed by atoms with Gasteiger partial charge in [-0.2, -0.15) is 0 Å². The molecule has 27 heavy (non-hydrogen) atoms. The van der Waals surface area contributed by atoms with Crippen LogP contribution >= 0.6 is 0 Å². The second-order valence-corrected chi connectivity index (χ2v) is 6.52. The molecule has 1 amide bonds. The molecule has 0 saturated heterocycles. The van der Waals surface area contributed by atoms with Gasteiger partial charge in [-0.05, 0) is 44.5 Å². The first-order valence-electron chi connectivity index (χ1n) is 8.84. The molecular formula is C21H22N2O4. The zero-order chi connectivity index (χ0) is 19.4. The van der Waals surface area contributed by atoms with Gasteiger partial charge in [-0.3, -0.25) is 9.59 Å². The molecule has 1 N–H and O–H groups in total. The van der Waals surface area contributed by atoms with Crippen LogP contribution in [-0.4, -0.2) is 23.0 Å². The summed E-state index contributed by atoms with van der Waals surface area (Å²) in [5.41, 5.74) is 4.21. The van der Waals surface area contributed by atoms with Crippen molar-refractivity contribution < 1.29 is 18.7 Å². The average Bonchev–Trinajstić information content (AvgIpc) is 3.05. The highest BCUT2D eigenvalue weighted by Crippen LogP contribution is 2.17. The van der Waals surface area contributed by atoms with Crippen molar-refractivity contribution in [1.29, 1.82) is 0 Å². The number of benzene rings is 2. The number of hydrogen-bond acceptors (Lipinski definition) is 5. The summed E-state index contributed by atoms with van der Waals surface area (Å²) in [5, 5.41) is 2.79. The SMILES string of the molecule is Cc1ccc(NC(=O)[C@H](C)OC(=O)CCc2nc3ccccc3o2)c(C)c1. The van der Waals surface area contributed by atoms with Crippen molar-refractivity contribution >= 4 is 28.7 Å². The van der Waals surface area contributed by atoms with Gasteiger partial charge in [0.2, 0.25) is 0 Å². The fourth-order valence-corrected chi connectivity index (χ4v) is 2.73. The Morgan fingerprint density at radius 2 is 1.96 bits per heavy atom. The first-order chi connectivity index (χ1) is 12.9. The number of nitrogens with zero attached hydrogens (tertiary/aromatic N) is 1. The maximum atomic E-state index is 12.3. The molecule has 3 rings (SSSR count).